The average molecular weight is 477 g/mol. The first-order chi connectivity index (χ1) is 15.6. The van der Waals surface area contributed by atoms with Gasteiger partial charge in [-0.2, -0.15) is 13.2 Å². The zero-order valence-corrected chi connectivity index (χ0v) is 18.1. The first-order valence-corrected chi connectivity index (χ1v) is 10.6. The monoisotopic (exact) mass is 476 g/mol. The molecule has 1 fully saturated rings. The van der Waals surface area contributed by atoms with Gasteiger partial charge in [-0.05, 0) is 60.9 Å². The zero-order chi connectivity index (χ0) is 23.6. The fourth-order valence-corrected chi connectivity index (χ4v) is 3.84. The summed E-state index contributed by atoms with van der Waals surface area (Å²) < 4.78 is 43.4. The van der Waals surface area contributed by atoms with Crippen LogP contribution in [0.1, 0.15) is 34.3 Å². The molecule has 9 heteroatoms. The third kappa shape index (κ3) is 5.29. The van der Waals surface area contributed by atoms with Crippen molar-refractivity contribution in [3.8, 4) is 11.6 Å². The van der Waals surface area contributed by atoms with Crippen LogP contribution in [0.5, 0.6) is 11.6 Å². The number of halogens is 4. The van der Waals surface area contributed by atoms with E-state index >= 15 is 0 Å². The van der Waals surface area contributed by atoms with Crippen LogP contribution in [0.3, 0.4) is 0 Å². The number of nitrogens with zero attached hydrogens (tertiary/aromatic N) is 2. The minimum Gasteiger partial charge on any atom is -0.439 e. The number of aliphatic hydroxyl groups is 1. The summed E-state index contributed by atoms with van der Waals surface area (Å²) in [5.41, 5.74) is -0.663. The minimum atomic E-state index is -4.42. The van der Waals surface area contributed by atoms with Gasteiger partial charge in [-0.1, -0.05) is 23.7 Å². The third-order valence-electron chi connectivity index (χ3n) is 5.65. The van der Waals surface area contributed by atoms with Gasteiger partial charge < -0.3 is 14.7 Å². The molecule has 1 amide bonds. The number of hydrogen-bond donors (Lipinski definition) is 1. The number of ether oxygens (including phenoxy) is 1. The number of likely N-dealkylation sites (tertiary alicyclic amines) is 1. The van der Waals surface area contributed by atoms with E-state index < -0.39 is 17.3 Å². The summed E-state index contributed by atoms with van der Waals surface area (Å²) in [4.78, 5) is 18.6. The van der Waals surface area contributed by atoms with Crippen molar-refractivity contribution in [2.45, 2.75) is 24.6 Å². The molecule has 1 aromatic heterocycles. The van der Waals surface area contributed by atoms with E-state index in [2.05, 4.69) is 4.98 Å². The van der Waals surface area contributed by atoms with Crippen LogP contribution in [0, 0.1) is 0 Å². The Morgan fingerprint density at radius 1 is 1.00 bits per heavy atom. The molecule has 5 nitrogen and oxygen atoms in total. The molecule has 1 aliphatic heterocycles. The molecule has 3 aromatic rings. The van der Waals surface area contributed by atoms with Gasteiger partial charge in [0.1, 0.15) is 5.75 Å². The molecule has 0 atom stereocenters. The topological polar surface area (TPSA) is 62.7 Å². The number of carbonyl (C=O) groups is 1. The van der Waals surface area contributed by atoms with E-state index in [0.717, 1.165) is 17.7 Å². The van der Waals surface area contributed by atoms with Crippen molar-refractivity contribution in [3.63, 3.8) is 0 Å². The number of aromatic nitrogens is 1. The van der Waals surface area contributed by atoms with E-state index in [-0.39, 0.29) is 17.5 Å². The van der Waals surface area contributed by atoms with Gasteiger partial charge in [-0.15, -0.1) is 0 Å². The van der Waals surface area contributed by atoms with Gasteiger partial charge in [-0.3, -0.25) is 4.79 Å². The Morgan fingerprint density at radius 3 is 2.18 bits per heavy atom. The molecule has 33 heavy (non-hydrogen) atoms. The van der Waals surface area contributed by atoms with Crippen LogP contribution in [0.2, 0.25) is 5.02 Å². The number of piperidine rings is 1. The highest BCUT2D eigenvalue weighted by Crippen LogP contribution is 2.34. The van der Waals surface area contributed by atoms with Gasteiger partial charge in [0.25, 0.3) is 5.91 Å². The van der Waals surface area contributed by atoms with Gasteiger partial charge in [0.05, 0.1) is 16.7 Å². The smallest absolute Gasteiger partial charge is 0.416 e. The van der Waals surface area contributed by atoms with E-state index in [1.807, 2.05) is 0 Å². The fourth-order valence-electron chi connectivity index (χ4n) is 3.71. The summed E-state index contributed by atoms with van der Waals surface area (Å²) in [5.74, 6) is 0.135. The highest BCUT2D eigenvalue weighted by molar-refractivity contribution is 6.30. The first kappa shape index (κ1) is 23.1. The summed E-state index contributed by atoms with van der Waals surface area (Å²) in [6, 6.07) is 14.3. The van der Waals surface area contributed by atoms with Crippen LogP contribution < -0.4 is 4.74 Å². The summed E-state index contributed by atoms with van der Waals surface area (Å²) in [6.07, 6.45) is -2.27. The summed E-state index contributed by atoms with van der Waals surface area (Å²) >= 11 is 5.92. The van der Waals surface area contributed by atoms with Crippen LogP contribution in [-0.4, -0.2) is 34.0 Å². The Balaban J connectivity index is 1.36. The highest BCUT2D eigenvalue weighted by atomic mass is 35.5. The lowest BCUT2D eigenvalue weighted by Crippen LogP contribution is -2.45. The van der Waals surface area contributed by atoms with Crippen LogP contribution >= 0.6 is 11.6 Å². The largest absolute Gasteiger partial charge is 0.439 e. The maximum Gasteiger partial charge on any atom is 0.416 e. The average Bonchev–Trinajstić information content (AvgIpc) is 2.80. The fraction of sp³-hybridized carbons (Fsp3) is 0.250. The maximum absolute atomic E-state index is 12.8. The molecule has 1 aliphatic rings. The van der Waals surface area contributed by atoms with Gasteiger partial charge in [-0.25, -0.2) is 4.98 Å². The molecule has 1 N–H and O–H groups in total. The summed E-state index contributed by atoms with van der Waals surface area (Å²) in [6.45, 7) is 0.754. The van der Waals surface area contributed by atoms with Crippen molar-refractivity contribution in [2.24, 2.45) is 0 Å². The Hall–Kier alpha value is -3.10. The number of rotatable bonds is 4. The van der Waals surface area contributed by atoms with E-state index in [1.165, 1.54) is 24.4 Å². The number of hydrogen-bond acceptors (Lipinski definition) is 4. The summed E-state index contributed by atoms with van der Waals surface area (Å²) in [5, 5.41) is 11.6. The van der Waals surface area contributed by atoms with Crippen molar-refractivity contribution in [1.82, 2.24) is 9.88 Å². The molecule has 0 aliphatic carbocycles. The van der Waals surface area contributed by atoms with Crippen LogP contribution in [0.25, 0.3) is 0 Å². The predicted octanol–water partition coefficient (Wildman–Crippen LogP) is 5.67. The minimum absolute atomic E-state index is 0.155. The Bertz CT molecular complexity index is 1110. The van der Waals surface area contributed by atoms with Crippen LogP contribution in [-0.2, 0) is 11.8 Å². The Morgan fingerprint density at radius 2 is 1.64 bits per heavy atom. The van der Waals surface area contributed by atoms with E-state index in [1.54, 1.807) is 35.2 Å². The molecule has 0 radical (unpaired) electrons. The molecule has 2 aromatic carbocycles. The van der Waals surface area contributed by atoms with Crippen molar-refractivity contribution < 1.29 is 27.8 Å². The third-order valence-corrected chi connectivity index (χ3v) is 5.90. The maximum atomic E-state index is 12.8. The van der Waals surface area contributed by atoms with E-state index in [9.17, 15) is 23.1 Å². The van der Waals surface area contributed by atoms with Crippen molar-refractivity contribution in [2.75, 3.05) is 13.1 Å². The quantitative estimate of drug-likeness (QED) is 0.527. The second-order valence-electron chi connectivity index (χ2n) is 7.84. The Kier molecular flexibility index (Phi) is 6.32. The van der Waals surface area contributed by atoms with E-state index in [0.29, 0.717) is 36.5 Å². The molecule has 0 bridgehead atoms. The highest BCUT2D eigenvalue weighted by Gasteiger charge is 2.35. The first-order valence-electron chi connectivity index (χ1n) is 10.2. The second kappa shape index (κ2) is 9.03. The lowest BCUT2D eigenvalue weighted by molar-refractivity contribution is -0.137. The normalized spacial score (nSPS) is 15.8. The molecule has 0 unspecified atom stereocenters. The number of alkyl halides is 3. The molecule has 4 rings (SSSR count). The van der Waals surface area contributed by atoms with Gasteiger partial charge in [0, 0.05) is 30.4 Å². The summed E-state index contributed by atoms with van der Waals surface area (Å²) in [7, 11) is 0. The molecular weight excluding hydrogens is 457 g/mol. The molecule has 1 saturated heterocycles. The predicted molar refractivity (Wildman–Crippen MR) is 116 cm³/mol. The Labute approximate surface area is 193 Å². The molecule has 0 saturated carbocycles. The van der Waals surface area contributed by atoms with Crippen LogP contribution in [0.4, 0.5) is 13.2 Å². The lowest BCUT2D eigenvalue weighted by atomic mass is 9.84. The van der Waals surface area contributed by atoms with Gasteiger partial charge in [0.15, 0.2) is 0 Å². The van der Waals surface area contributed by atoms with Crippen molar-refractivity contribution in [1.29, 1.82) is 0 Å². The number of benzene rings is 2. The molecular formula is C24H20ClF3N2O3. The van der Waals surface area contributed by atoms with E-state index in [4.69, 9.17) is 16.3 Å². The molecule has 172 valence electrons. The zero-order valence-electron chi connectivity index (χ0n) is 17.3. The molecule has 2 heterocycles. The lowest BCUT2D eigenvalue weighted by Gasteiger charge is -2.38. The number of pyridine rings is 1. The SMILES string of the molecule is O=C(c1ccc(Oc2ccc(C(F)(F)F)cc2)nc1)N1CCC(O)(c2ccc(Cl)cc2)CC1. The van der Waals surface area contributed by atoms with Gasteiger partial charge >= 0.3 is 6.18 Å². The molecule has 0 spiro atoms. The number of amides is 1. The number of carbonyl (C=O) groups excluding carboxylic acids is 1. The van der Waals surface area contributed by atoms with Crippen molar-refractivity contribution >= 4 is 17.5 Å². The van der Waals surface area contributed by atoms with Gasteiger partial charge in [0.2, 0.25) is 5.88 Å². The van der Waals surface area contributed by atoms with Crippen molar-refractivity contribution in [3.05, 3.63) is 88.6 Å². The standard InChI is InChI=1S/C24H20ClF3N2O3/c25-19-6-2-17(3-7-19)23(32)11-13-30(14-12-23)22(31)16-1-10-21(29-15-16)33-20-8-4-18(5-9-20)24(26,27)28/h1-10,15,32H,11-14H2. The second-order valence-corrected chi connectivity index (χ2v) is 8.28. The van der Waals surface area contributed by atoms with Crippen LogP contribution in [0.15, 0.2) is 66.9 Å².